The third kappa shape index (κ3) is 3.58. The lowest BCUT2D eigenvalue weighted by Crippen LogP contribution is -2.14. The molecule has 106 valence electrons. The summed E-state index contributed by atoms with van der Waals surface area (Å²) >= 11 is 3.29. The summed E-state index contributed by atoms with van der Waals surface area (Å²) in [5.41, 5.74) is 9.14. The second-order valence-corrected chi connectivity index (χ2v) is 5.75. The molecule has 0 fully saturated rings. The molecular formula is C16H17BrFNO. The lowest BCUT2D eigenvalue weighted by molar-refractivity contribution is 0.405. The first kappa shape index (κ1) is 15.0. The minimum atomic E-state index is -0.266. The average Bonchev–Trinajstić information content (AvgIpc) is 2.37. The van der Waals surface area contributed by atoms with Gasteiger partial charge in [0.05, 0.1) is 7.11 Å². The molecule has 0 radical (unpaired) electrons. The number of methoxy groups -OCH3 is 1. The monoisotopic (exact) mass is 337 g/mol. The van der Waals surface area contributed by atoms with E-state index in [4.69, 9.17) is 10.5 Å². The summed E-state index contributed by atoms with van der Waals surface area (Å²) in [6.07, 6.45) is 0.551. The van der Waals surface area contributed by atoms with Crippen LogP contribution in [-0.4, -0.2) is 7.11 Å². The van der Waals surface area contributed by atoms with E-state index in [1.165, 1.54) is 12.1 Å². The van der Waals surface area contributed by atoms with Gasteiger partial charge in [-0.25, -0.2) is 4.39 Å². The van der Waals surface area contributed by atoms with Crippen molar-refractivity contribution in [1.82, 2.24) is 0 Å². The summed E-state index contributed by atoms with van der Waals surface area (Å²) in [5.74, 6) is 0.505. The Balaban J connectivity index is 2.25. The number of hydrogen-bond donors (Lipinski definition) is 1. The van der Waals surface area contributed by atoms with Crippen molar-refractivity contribution < 1.29 is 9.13 Å². The van der Waals surface area contributed by atoms with Crippen LogP contribution in [0.3, 0.4) is 0 Å². The van der Waals surface area contributed by atoms with Crippen LogP contribution in [0.4, 0.5) is 4.39 Å². The van der Waals surface area contributed by atoms with Crippen molar-refractivity contribution in [3.63, 3.8) is 0 Å². The molecule has 2 aromatic rings. The largest absolute Gasteiger partial charge is 0.496 e. The van der Waals surface area contributed by atoms with Gasteiger partial charge in [-0.2, -0.15) is 0 Å². The van der Waals surface area contributed by atoms with E-state index in [0.717, 1.165) is 26.9 Å². The highest BCUT2D eigenvalue weighted by Gasteiger charge is 2.13. The molecule has 2 nitrogen and oxygen atoms in total. The Hall–Kier alpha value is -1.39. The number of benzene rings is 2. The van der Waals surface area contributed by atoms with E-state index in [2.05, 4.69) is 15.9 Å². The third-order valence-corrected chi connectivity index (χ3v) is 3.62. The first-order chi connectivity index (χ1) is 9.49. The van der Waals surface area contributed by atoms with Crippen LogP contribution in [0.5, 0.6) is 5.75 Å². The van der Waals surface area contributed by atoms with Gasteiger partial charge >= 0.3 is 0 Å². The van der Waals surface area contributed by atoms with E-state index in [-0.39, 0.29) is 11.9 Å². The van der Waals surface area contributed by atoms with Crippen LogP contribution in [-0.2, 0) is 6.42 Å². The molecule has 2 N–H and O–H groups in total. The fourth-order valence-electron chi connectivity index (χ4n) is 2.22. The molecule has 0 aliphatic heterocycles. The van der Waals surface area contributed by atoms with Crippen molar-refractivity contribution in [2.24, 2.45) is 5.73 Å². The highest BCUT2D eigenvalue weighted by Crippen LogP contribution is 2.28. The van der Waals surface area contributed by atoms with E-state index in [1.54, 1.807) is 7.11 Å². The van der Waals surface area contributed by atoms with Gasteiger partial charge in [-0.15, -0.1) is 0 Å². The first-order valence-corrected chi connectivity index (χ1v) is 7.14. The van der Waals surface area contributed by atoms with Gasteiger partial charge in [-0.1, -0.05) is 28.1 Å². The fraction of sp³-hybridized carbons (Fsp3) is 0.250. The smallest absolute Gasteiger partial charge is 0.124 e. The van der Waals surface area contributed by atoms with Crippen molar-refractivity contribution in [3.05, 3.63) is 63.4 Å². The Labute approximate surface area is 126 Å². The molecule has 0 bridgehead atoms. The van der Waals surface area contributed by atoms with Crippen molar-refractivity contribution >= 4 is 15.9 Å². The summed E-state index contributed by atoms with van der Waals surface area (Å²) in [6, 6.07) is 10.5. The fourth-order valence-corrected chi connectivity index (χ4v) is 2.73. The summed E-state index contributed by atoms with van der Waals surface area (Å²) in [4.78, 5) is 0. The van der Waals surface area contributed by atoms with Gasteiger partial charge in [-0.05, 0) is 48.7 Å². The number of halogens is 2. The van der Waals surface area contributed by atoms with E-state index in [0.29, 0.717) is 6.42 Å². The van der Waals surface area contributed by atoms with Crippen LogP contribution in [0.1, 0.15) is 22.7 Å². The van der Waals surface area contributed by atoms with Crippen molar-refractivity contribution in [2.45, 2.75) is 19.4 Å². The summed E-state index contributed by atoms with van der Waals surface area (Å²) in [7, 11) is 1.63. The Morgan fingerprint density at radius 2 is 2.00 bits per heavy atom. The van der Waals surface area contributed by atoms with Crippen molar-refractivity contribution in [2.75, 3.05) is 7.11 Å². The molecule has 1 atom stereocenters. The Morgan fingerprint density at radius 1 is 1.25 bits per heavy atom. The molecule has 0 saturated carbocycles. The van der Waals surface area contributed by atoms with Crippen LogP contribution in [0.25, 0.3) is 0 Å². The van der Waals surface area contributed by atoms with Crippen LogP contribution in [0.2, 0.25) is 0 Å². The van der Waals surface area contributed by atoms with E-state index < -0.39 is 0 Å². The molecule has 0 amide bonds. The quantitative estimate of drug-likeness (QED) is 0.909. The zero-order valence-electron chi connectivity index (χ0n) is 11.5. The maximum atomic E-state index is 13.4. The maximum Gasteiger partial charge on any atom is 0.124 e. The van der Waals surface area contributed by atoms with Crippen LogP contribution in [0, 0.1) is 12.7 Å². The normalized spacial score (nSPS) is 12.2. The first-order valence-electron chi connectivity index (χ1n) is 6.34. The van der Waals surface area contributed by atoms with Crippen LogP contribution in [0.15, 0.2) is 40.9 Å². The number of aryl methyl sites for hydroxylation is 1. The highest BCUT2D eigenvalue weighted by atomic mass is 79.9. The lowest BCUT2D eigenvalue weighted by atomic mass is 9.98. The molecule has 20 heavy (non-hydrogen) atoms. The molecule has 0 saturated heterocycles. The van der Waals surface area contributed by atoms with Gasteiger partial charge in [0, 0.05) is 16.1 Å². The number of rotatable bonds is 4. The lowest BCUT2D eigenvalue weighted by Gasteiger charge is -2.16. The Kier molecular flexibility index (Phi) is 4.78. The number of hydrogen-bond acceptors (Lipinski definition) is 2. The van der Waals surface area contributed by atoms with E-state index in [9.17, 15) is 4.39 Å². The van der Waals surface area contributed by atoms with Gasteiger partial charge in [-0.3, -0.25) is 0 Å². The summed E-state index contributed by atoms with van der Waals surface area (Å²) in [5, 5.41) is 0. The molecule has 0 aromatic heterocycles. The summed E-state index contributed by atoms with van der Waals surface area (Å²) < 4.78 is 19.5. The molecule has 2 aromatic carbocycles. The molecule has 1 unspecified atom stereocenters. The van der Waals surface area contributed by atoms with Gasteiger partial charge in [0.2, 0.25) is 0 Å². The number of nitrogens with two attached hydrogens (primary N) is 1. The Bertz CT molecular complexity index is 595. The topological polar surface area (TPSA) is 35.2 Å². The predicted octanol–water partition coefficient (Wildman–Crippen LogP) is 4.15. The maximum absolute atomic E-state index is 13.4. The zero-order chi connectivity index (χ0) is 14.7. The van der Waals surface area contributed by atoms with Gasteiger partial charge in [0.15, 0.2) is 0 Å². The molecular weight excluding hydrogens is 321 g/mol. The Morgan fingerprint density at radius 3 is 2.65 bits per heavy atom. The molecule has 4 heteroatoms. The van der Waals surface area contributed by atoms with Gasteiger partial charge < -0.3 is 10.5 Å². The minimum Gasteiger partial charge on any atom is -0.496 e. The minimum absolute atomic E-state index is 0.237. The van der Waals surface area contributed by atoms with Crippen molar-refractivity contribution in [1.29, 1.82) is 0 Å². The van der Waals surface area contributed by atoms with E-state index >= 15 is 0 Å². The van der Waals surface area contributed by atoms with Gasteiger partial charge in [0.1, 0.15) is 11.6 Å². The predicted molar refractivity (Wildman–Crippen MR) is 82.5 cm³/mol. The molecule has 0 aliphatic carbocycles. The van der Waals surface area contributed by atoms with Crippen LogP contribution >= 0.6 is 15.9 Å². The molecule has 2 rings (SSSR count). The second kappa shape index (κ2) is 6.37. The van der Waals surface area contributed by atoms with Crippen LogP contribution < -0.4 is 10.5 Å². The molecule has 0 aliphatic rings. The average molecular weight is 338 g/mol. The standard InChI is InChI=1S/C16H17BrFNO/c1-10-3-4-14(16(5-10)20-2)15(19)8-11-6-12(17)9-13(18)7-11/h3-7,9,15H,8,19H2,1-2H3. The number of ether oxygens (including phenoxy) is 1. The molecule has 0 heterocycles. The van der Waals surface area contributed by atoms with Gasteiger partial charge in [0.25, 0.3) is 0 Å². The SMILES string of the molecule is COc1cc(C)ccc1C(N)Cc1cc(F)cc(Br)c1. The second-order valence-electron chi connectivity index (χ2n) is 4.83. The van der Waals surface area contributed by atoms with E-state index in [1.807, 2.05) is 31.2 Å². The summed E-state index contributed by atoms with van der Waals surface area (Å²) in [6.45, 7) is 2.00. The molecule has 0 spiro atoms. The highest BCUT2D eigenvalue weighted by molar-refractivity contribution is 9.10. The van der Waals surface area contributed by atoms with Crippen molar-refractivity contribution in [3.8, 4) is 5.75 Å². The zero-order valence-corrected chi connectivity index (χ0v) is 13.1. The third-order valence-electron chi connectivity index (χ3n) is 3.17.